The summed E-state index contributed by atoms with van der Waals surface area (Å²) < 4.78 is 21.3. The van der Waals surface area contributed by atoms with Crippen molar-refractivity contribution in [2.75, 3.05) is 27.9 Å². The molecule has 0 amide bonds. The first-order chi connectivity index (χ1) is 12.6. The molecular formula is C21H22O5. The van der Waals surface area contributed by atoms with Crippen molar-refractivity contribution in [2.24, 2.45) is 0 Å². The van der Waals surface area contributed by atoms with Gasteiger partial charge in [-0.25, -0.2) is 0 Å². The van der Waals surface area contributed by atoms with Crippen LogP contribution in [0.25, 0.3) is 6.08 Å². The van der Waals surface area contributed by atoms with Gasteiger partial charge in [0.05, 0.1) is 26.9 Å². The Balaban J connectivity index is 2.21. The highest BCUT2D eigenvalue weighted by Crippen LogP contribution is 2.29. The predicted molar refractivity (Wildman–Crippen MR) is 102 cm³/mol. The Morgan fingerprint density at radius 1 is 0.962 bits per heavy atom. The van der Waals surface area contributed by atoms with Crippen molar-refractivity contribution in [1.82, 2.24) is 0 Å². The molecule has 136 valence electrons. The van der Waals surface area contributed by atoms with E-state index in [-0.39, 0.29) is 5.78 Å². The number of hydrogen-bond acceptors (Lipinski definition) is 5. The van der Waals surface area contributed by atoms with Gasteiger partial charge in [-0.05, 0) is 35.9 Å². The first-order valence-electron chi connectivity index (χ1n) is 7.99. The predicted octanol–water partition coefficient (Wildman–Crippen LogP) is 4.17. The minimum absolute atomic E-state index is 0.171. The molecule has 26 heavy (non-hydrogen) atoms. The van der Waals surface area contributed by atoms with E-state index in [9.17, 15) is 4.79 Å². The molecule has 0 unspecified atom stereocenters. The number of carbonyl (C=O) groups is 1. The number of ether oxygens (including phenoxy) is 4. The van der Waals surface area contributed by atoms with E-state index < -0.39 is 0 Å². The van der Waals surface area contributed by atoms with Crippen LogP contribution in [0.4, 0.5) is 0 Å². The molecule has 0 aromatic heterocycles. The first kappa shape index (κ1) is 19.1. The SMILES string of the molecule is C=CCOc1ccc(/C=C/C(=O)c2ccc(OC)cc2OC)cc1OC. The molecule has 0 saturated heterocycles. The van der Waals surface area contributed by atoms with E-state index in [1.165, 1.54) is 13.2 Å². The van der Waals surface area contributed by atoms with Crippen molar-refractivity contribution in [3.05, 3.63) is 66.3 Å². The molecule has 2 aromatic rings. The Kier molecular flexibility index (Phi) is 6.85. The number of hydrogen-bond donors (Lipinski definition) is 0. The van der Waals surface area contributed by atoms with Crippen LogP contribution in [-0.4, -0.2) is 33.7 Å². The van der Waals surface area contributed by atoms with Gasteiger partial charge in [0.1, 0.15) is 18.1 Å². The molecule has 0 bridgehead atoms. The van der Waals surface area contributed by atoms with Gasteiger partial charge in [-0.3, -0.25) is 4.79 Å². The van der Waals surface area contributed by atoms with Crippen LogP contribution in [0.2, 0.25) is 0 Å². The third-order valence-electron chi connectivity index (χ3n) is 3.65. The van der Waals surface area contributed by atoms with Crippen LogP contribution < -0.4 is 18.9 Å². The molecule has 0 heterocycles. The maximum atomic E-state index is 12.5. The van der Waals surface area contributed by atoms with Crippen molar-refractivity contribution in [3.63, 3.8) is 0 Å². The van der Waals surface area contributed by atoms with Gasteiger partial charge in [-0.1, -0.05) is 24.8 Å². The molecule has 0 saturated carbocycles. The smallest absolute Gasteiger partial charge is 0.189 e. The second-order valence-electron chi connectivity index (χ2n) is 5.27. The molecule has 2 aromatic carbocycles. The van der Waals surface area contributed by atoms with Gasteiger partial charge in [0.15, 0.2) is 17.3 Å². The fraction of sp³-hybridized carbons (Fsp3) is 0.190. The highest BCUT2D eigenvalue weighted by atomic mass is 16.5. The lowest BCUT2D eigenvalue weighted by Crippen LogP contribution is -1.99. The average molecular weight is 354 g/mol. The number of ketones is 1. The largest absolute Gasteiger partial charge is 0.497 e. The zero-order valence-electron chi connectivity index (χ0n) is 15.2. The van der Waals surface area contributed by atoms with Crippen LogP contribution in [0.1, 0.15) is 15.9 Å². The van der Waals surface area contributed by atoms with E-state index in [2.05, 4.69) is 6.58 Å². The lowest BCUT2D eigenvalue weighted by Gasteiger charge is -2.10. The van der Waals surface area contributed by atoms with Crippen molar-refractivity contribution in [1.29, 1.82) is 0 Å². The molecule has 5 nitrogen and oxygen atoms in total. The van der Waals surface area contributed by atoms with Crippen molar-refractivity contribution in [2.45, 2.75) is 0 Å². The summed E-state index contributed by atoms with van der Waals surface area (Å²) in [7, 11) is 4.64. The number of allylic oxidation sites excluding steroid dienone is 1. The quantitative estimate of drug-likeness (QED) is 0.384. The number of rotatable bonds is 9. The highest BCUT2D eigenvalue weighted by Gasteiger charge is 2.11. The van der Waals surface area contributed by atoms with Gasteiger partial charge in [0.25, 0.3) is 0 Å². The zero-order valence-corrected chi connectivity index (χ0v) is 15.2. The fourth-order valence-electron chi connectivity index (χ4n) is 2.32. The molecule has 0 radical (unpaired) electrons. The first-order valence-corrected chi connectivity index (χ1v) is 7.99. The number of benzene rings is 2. The Hall–Kier alpha value is -3.21. The summed E-state index contributed by atoms with van der Waals surface area (Å²) in [5, 5.41) is 0. The van der Waals surface area contributed by atoms with Crippen molar-refractivity contribution in [3.8, 4) is 23.0 Å². The van der Waals surface area contributed by atoms with Gasteiger partial charge >= 0.3 is 0 Å². The van der Waals surface area contributed by atoms with Gasteiger partial charge in [-0.15, -0.1) is 0 Å². The maximum Gasteiger partial charge on any atom is 0.189 e. The molecule has 0 N–H and O–H groups in total. The normalized spacial score (nSPS) is 10.4. The fourth-order valence-corrected chi connectivity index (χ4v) is 2.32. The van der Waals surface area contributed by atoms with E-state index in [4.69, 9.17) is 18.9 Å². The topological polar surface area (TPSA) is 54.0 Å². The summed E-state index contributed by atoms with van der Waals surface area (Å²) in [5.74, 6) is 2.12. The van der Waals surface area contributed by atoms with Crippen LogP contribution in [0, 0.1) is 0 Å². The van der Waals surface area contributed by atoms with Crippen molar-refractivity contribution >= 4 is 11.9 Å². The molecule has 0 fully saturated rings. The molecule has 0 aliphatic rings. The highest BCUT2D eigenvalue weighted by molar-refractivity contribution is 6.08. The van der Waals surface area contributed by atoms with Gasteiger partial charge in [-0.2, -0.15) is 0 Å². The third kappa shape index (κ3) is 4.66. The number of carbonyl (C=O) groups excluding carboxylic acids is 1. The molecule has 5 heteroatoms. The van der Waals surface area contributed by atoms with Gasteiger partial charge in [0.2, 0.25) is 0 Å². The molecule has 0 aliphatic carbocycles. The third-order valence-corrected chi connectivity index (χ3v) is 3.65. The molecule has 0 spiro atoms. The summed E-state index contributed by atoms with van der Waals surface area (Å²) in [4.78, 5) is 12.5. The minimum atomic E-state index is -0.171. The Bertz CT molecular complexity index is 808. The monoisotopic (exact) mass is 354 g/mol. The Morgan fingerprint density at radius 2 is 1.73 bits per heavy atom. The van der Waals surface area contributed by atoms with Crippen LogP contribution >= 0.6 is 0 Å². The molecule has 0 aliphatic heterocycles. The van der Waals surface area contributed by atoms with E-state index >= 15 is 0 Å². The average Bonchev–Trinajstić information content (AvgIpc) is 2.69. The second-order valence-corrected chi connectivity index (χ2v) is 5.27. The maximum absolute atomic E-state index is 12.5. The summed E-state index contributed by atoms with van der Waals surface area (Å²) in [6.45, 7) is 4.01. The molecule has 2 rings (SSSR count). The summed E-state index contributed by atoms with van der Waals surface area (Å²) >= 11 is 0. The van der Waals surface area contributed by atoms with Gasteiger partial charge in [0, 0.05) is 6.07 Å². The standard InChI is InChI=1S/C21H22O5/c1-5-12-26-19-11-7-15(13-21(19)25-4)6-10-18(22)17-9-8-16(23-2)14-20(17)24-3/h5-11,13-14H,1,12H2,2-4H3/b10-6+. The van der Waals surface area contributed by atoms with E-state index in [0.29, 0.717) is 35.2 Å². The summed E-state index contributed by atoms with van der Waals surface area (Å²) in [5.41, 5.74) is 1.27. The zero-order chi connectivity index (χ0) is 18.9. The van der Waals surface area contributed by atoms with Crippen LogP contribution in [0.15, 0.2) is 55.1 Å². The van der Waals surface area contributed by atoms with Crippen molar-refractivity contribution < 1.29 is 23.7 Å². The molecule has 0 atom stereocenters. The molecular weight excluding hydrogens is 332 g/mol. The summed E-state index contributed by atoms with van der Waals surface area (Å²) in [6.07, 6.45) is 4.86. The van der Waals surface area contributed by atoms with Crippen LogP contribution in [-0.2, 0) is 0 Å². The van der Waals surface area contributed by atoms with Gasteiger partial charge < -0.3 is 18.9 Å². The Morgan fingerprint density at radius 3 is 2.38 bits per heavy atom. The van der Waals surface area contributed by atoms with Crippen LogP contribution in [0.3, 0.4) is 0 Å². The Labute approximate surface area is 153 Å². The lowest BCUT2D eigenvalue weighted by molar-refractivity contribution is 0.104. The van der Waals surface area contributed by atoms with E-state index in [0.717, 1.165) is 5.56 Å². The minimum Gasteiger partial charge on any atom is -0.497 e. The summed E-state index contributed by atoms with van der Waals surface area (Å²) in [6, 6.07) is 10.5. The van der Waals surface area contributed by atoms with Crippen LogP contribution in [0.5, 0.6) is 23.0 Å². The lowest BCUT2D eigenvalue weighted by atomic mass is 10.1. The van der Waals surface area contributed by atoms with E-state index in [1.54, 1.807) is 56.7 Å². The number of methoxy groups -OCH3 is 3. The second kappa shape index (κ2) is 9.32. The van der Waals surface area contributed by atoms with E-state index in [1.807, 2.05) is 6.07 Å².